The van der Waals surface area contributed by atoms with Crippen molar-refractivity contribution in [2.45, 2.75) is 6.42 Å². The third kappa shape index (κ3) is 3.72. The van der Waals surface area contributed by atoms with Gasteiger partial charge in [-0.2, -0.15) is 9.97 Å². The van der Waals surface area contributed by atoms with Crippen LogP contribution >= 0.6 is 11.3 Å². The first-order valence-corrected chi connectivity index (χ1v) is 8.83. The maximum Gasteiger partial charge on any atom is 0.226 e. The lowest BCUT2D eigenvalue weighted by atomic mass is 10.3. The fourth-order valence-electron chi connectivity index (χ4n) is 2.44. The molecule has 1 aromatic carbocycles. The van der Waals surface area contributed by atoms with Gasteiger partial charge in [-0.15, -0.1) is 11.3 Å². The minimum absolute atomic E-state index is 0.544. The van der Waals surface area contributed by atoms with Crippen molar-refractivity contribution in [3.63, 3.8) is 0 Å². The number of nitrogens with one attached hydrogen (secondary N) is 2. The predicted molar refractivity (Wildman–Crippen MR) is 101 cm³/mol. The molecule has 4 rings (SSSR count). The normalized spacial score (nSPS) is 10.7. The Hall–Kier alpha value is -3.06. The minimum atomic E-state index is 0.544. The van der Waals surface area contributed by atoms with Gasteiger partial charge in [0.05, 0.1) is 0 Å². The quantitative estimate of drug-likeness (QED) is 0.551. The van der Waals surface area contributed by atoms with Gasteiger partial charge in [0.2, 0.25) is 5.95 Å². The zero-order valence-corrected chi connectivity index (χ0v) is 14.2. The highest BCUT2D eigenvalue weighted by atomic mass is 32.1. The molecule has 3 aromatic heterocycles. The Morgan fingerprint density at radius 2 is 1.80 bits per heavy atom. The first kappa shape index (κ1) is 15.5. The Kier molecular flexibility index (Phi) is 4.47. The number of para-hydroxylation sites is 1. The van der Waals surface area contributed by atoms with Crippen molar-refractivity contribution in [1.29, 1.82) is 0 Å². The molecule has 0 aliphatic heterocycles. The molecule has 0 spiro atoms. The van der Waals surface area contributed by atoms with E-state index < -0.39 is 0 Å². The largest absolute Gasteiger partial charge is 0.354 e. The molecule has 0 unspecified atom stereocenters. The first-order chi connectivity index (χ1) is 12.4. The molecule has 0 atom stereocenters. The van der Waals surface area contributed by atoms with E-state index in [0.29, 0.717) is 22.9 Å². The highest BCUT2D eigenvalue weighted by Gasteiger charge is 2.10. The number of nitrogens with zero attached hydrogens (tertiary/aromatic N) is 4. The van der Waals surface area contributed by atoms with Crippen molar-refractivity contribution in [1.82, 2.24) is 19.9 Å². The van der Waals surface area contributed by atoms with E-state index in [-0.39, 0.29) is 0 Å². The van der Waals surface area contributed by atoms with Gasteiger partial charge in [-0.05, 0) is 30.0 Å². The van der Waals surface area contributed by atoms with Gasteiger partial charge in [-0.3, -0.25) is 0 Å². The number of anilines is 3. The number of fused-ring (bicyclic) bond motifs is 1. The van der Waals surface area contributed by atoms with Crippen LogP contribution in [-0.2, 0) is 6.42 Å². The Balaban J connectivity index is 1.59. The molecule has 7 heteroatoms. The van der Waals surface area contributed by atoms with E-state index in [1.54, 1.807) is 23.7 Å². The summed E-state index contributed by atoms with van der Waals surface area (Å²) in [5.41, 5.74) is 2.16. The lowest BCUT2D eigenvalue weighted by molar-refractivity contribution is 1.00. The molecule has 0 amide bonds. The summed E-state index contributed by atoms with van der Waals surface area (Å²) in [6.45, 7) is 0.761. The van der Waals surface area contributed by atoms with Crippen molar-refractivity contribution in [3.05, 3.63) is 65.1 Å². The molecule has 6 nitrogen and oxygen atoms in total. The topological polar surface area (TPSA) is 75.6 Å². The molecule has 25 heavy (non-hydrogen) atoms. The molecule has 0 saturated carbocycles. The fraction of sp³-hybridized carbons (Fsp3) is 0.111. The summed E-state index contributed by atoms with van der Waals surface area (Å²) in [6, 6.07) is 14.1. The highest BCUT2D eigenvalue weighted by molar-refractivity contribution is 7.09. The number of aromatic nitrogens is 4. The van der Waals surface area contributed by atoms with Gasteiger partial charge in [-0.25, -0.2) is 9.97 Å². The van der Waals surface area contributed by atoms with Gasteiger partial charge in [0.1, 0.15) is 0 Å². The number of benzene rings is 1. The minimum Gasteiger partial charge on any atom is -0.354 e. The molecule has 0 saturated heterocycles. The second kappa shape index (κ2) is 7.23. The lowest BCUT2D eigenvalue weighted by Gasteiger charge is -2.10. The summed E-state index contributed by atoms with van der Waals surface area (Å²) in [5, 5.41) is 8.66. The van der Waals surface area contributed by atoms with Gasteiger partial charge in [0.25, 0.3) is 0 Å². The van der Waals surface area contributed by atoms with Crippen molar-refractivity contribution in [2.75, 3.05) is 17.2 Å². The van der Waals surface area contributed by atoms with E-state index >= 15 is 0 Å². The van der Waals surface area contributed by atoms with Gasteiger partial charge in [0.15, 0.2) is 17.0 Å². The maximum atomic E-state index is 4.58. The van der Waals surface area contributed by atoms with Crippen LogP contribution in [0.4, 0.5) is 17.5 Å². The van der Waals surface area contributed by atoms with Crippen LogP contribution in [0.5, 0.6) is 0 Å². The molecule has 0 bridgehead atoms. The SMILES string of the molecule is c1ccc(Nc2nc(NCCc3cccs3)nc3nccnc23)cc1. The monoisotopic (exact) mass is 348 g/mol. The highest BCUT2D eigenvalue weighted by Crippen LogP contribution is 2.22. The van der Waals surface area contributed by atoms with Crippen LogP contribution in [-0.4, -0.2) is 26.5 Å². The Morgan fingerprint density at radius 3 is 2.64 bits per heavy atom. The van der Waals surface area contributed by atoms with Crippen LogP contribution < -0.4 is 10.6 Å². The van der Waals surface area contributed by atoms with Gasteiger partial charge >= 0.3 is 0 Å². The van der Waals surface area contributed by atoms with Crippen molar-refractivity contribution >= 4 is 40.0 Å². The summed E-state index contributed by atoms with van der Waals surface area (Å²) >= 11 is 1.75. The van der Waals surface area contributed by atoms with E-state index in [1.165, 1.54) is 4.88 Å². The number of hydrogen-bond donors (Lipinski definition) is 2. The van der Waals surface area contributed by atoms with Crippen LogP contribution in [0.3, 0.4) is 0 Å². The van der Waals surface area contributed by atoms with Crippen molar-refractivity contribution in [3.8, 4) is 0 Å². The second-order valence-corrected chi connectivity index (χ2v) is 6.40. The van der Waals surface area contributed by atoms with E-state index in [0.717, 1.165) is 18.7 Å². The Labute approximate surface area is 149 Å². The van der Waals surface area contributed by atoms with Crippen LogP contribution in [0.2, 0.25) is 0 Å². The van der Waals surface area contributed by atoms with E-state index in [9.17, 15) is 0 Å². The van der Waals surface area contributed by atoms with Crippen LogP contribution in [0.15, 0.2) is 60.2 Å². The Morgan fingerprint density at radius 1 is 0.920 bits per heavy atom. The zero-order chi connectivity index (χ0) is 16.9. The summed E-state index contributed by atoms with van der Waals surface area (Å²) in [5.74, 6) is 1.19. The maximum absolute atomic E-state index is 4.58. The van der Waals surface area contributed by atoms with Crippen molar-refractivity contribution < 1.29 is 0 Å². The van der Waals surface area contributed by atoms with E-state index in [4.69, 9.17) is 0 Å². The van der Waals surface area contributed by atoms with E-state index in [2.05, 4.69) is 48.1 Å². The van der Waals surface area contributed by atoms with Gasteiger partial charge in [-0.1, -0.05) is 24.3 Å². The number of hydrogen-bond acceptors (Lipinski definition) is 7. The van der Waals surface area contributed by atoms with Gasteiger partial charge in [0, 0.05) is 29.5 Å². The molecule has 3 heterocycles. The van der Waals surface area contributed by atoms with Crippen LogP contribution in [0.1, 0.15) is 4.88 Å². The molecule has 0 fully saturated rings. The Bertz CT molecular complexity index is 956. The average molecular weight is 348 g/mol. The number of rotatable bonds is 6. The van der Waals surface area contributed by atoms with E-state index in [1.807, 2.05) is 30.3 Å². The molecule has 4 aromatic rings. The smallest absolute Gasteiger partial charge is 0.226 e. The molecule has 124 valence electrons. The van der Waals surface area contributed by atoms with Crippen LogP contribution in [0.25, 0.3) is 11.2 Å². The van der Waals surface area contributed by atoms with Crippen LogP contribution in [0, 0.1) is 0 Å². The zero-order valence-electron chi connectivity index (χ0n) is 13.4. The molecule has 2 N–H and O–H groups in total. The molecule has 0 aliphatic rings. The summed E-state index contributed by atoms with van der Waals surface area (Å²) in [4.78, 5) is 19.0. The third-order valence-corrected chi connectivity index (χ3v) is 4.54. The third-order valence-electron chi connectivity index (χ3n) is 3.60. The molecule has 0 radical (unpaired) electrons. The first-order valence-electron chi connectivity index (χ1n) is 7.95. The summed E-state index contributed by atoms with van der Waals surface area (Å²) < 4.78 is 0. The standard InChI is InChI=1S/C18H16N6S/c1-2-5-13(6-3-1)22-17-15-16(20-11-10-19-15)23-18(24-17)21-9-8-14-7-4-12-25-14/h1-7,10-12H,8-9H2,(H2,20,21,22,23,24). The predicted octanol–water partition coefficient (Wildman–Crippen LogP) is 3.88. The second-order valence-electron chi connectivity index (χ2n) is 5.37. The number of thiophene rings is 1. The molecular weight excluding hydrogens is 332 g/mol. The van der Waals surface area contributed by atoms with Crippen molar-refractivity contribution in [2.24, 2.45) is 0 Å². The average Bonchev–Trinajstić information content (AvgIpc) is 3.16. The van der Waals surface area contributed by atoms with Gasteiger partial charge < -0.3 is 10.6 Å². The summed E-state index contributed by atoms with van der Waals surface area (Å²) in [6.07, 6.45) is 4.21. The summed E-state index contributed by atoms with van der Waals surface area (Å²) in [7, 11) is 0. The molecule has 0 aliphatic carbocycles. The lowest BCUT2D eigenvalue weighted by Crippen LogP contribution is -2.09. The fourth-order valence-corrected chi connectivity index (χ4v) is 3.15. The molecular formula is C18H16N6S.